The summed E-state index contributed by atoms with van der Waals surface area (Å²) in [4.78, 5) is 1.33. The minimum atomic E-state index is 0.434. The van der Waals surface area contributed by atoms with Crippen molar-refractivity contribution in [1.29, 1.82) is 0 Å². The van der Waals surface area contributed by atoms with Crippen molar-refractivity contribution in [2.45, 2.75) is 39.4 Å². The molecule has 0 fully saturated rings. The molecule has 0 saturated heterocycles. The number of aryl methyl sites for hydroxylation is 2. The second-order valence-electron chi connectivity index (χ2n) is 4.31. The Morgan fingerprint density at radius 2 is 2.28 bits per heavy atom. The average Bonchev–Trinajstić information content (AvgIpc) is 2.92. The average molecular weight is 330 g/mol. The summed E-state index contributed by atoms with van der Waals surface area (Å²) in [5.41, 5.74) is 0. The summed E-state index contributed by atoms with van der Waals surface area (Å²) >= 11 is 5.22. The third-order valence-electron chi connectivity index (χ3n) is 2.47. The first kappa shape index (κ1) is 13.6. The second-order valence-corrected chi connectivity index (χ2v) is 6.86. The fourth-order valence-corrected chi connectivity index (χ4v) is 2.99. The van der Waals surface area contributed by atoms with Crippen LogP contribution in [0.5, 0.6) is 0 Å². The van der Waals surface area contributed by atoms with E-state index in [2.05, 4.69) is 62.8 Å². The van der Waals surface area contributed by atoms with Gasteiger partial charge in [-0.3, -0.25) is 0 Å². The topological polar surface area (TPSA) is 55.6 Å². The van der Waals surface area contributed by atoms with E-state index in [9.17, 15) is 0 Å². The highest BCUT2D eigenvalue weighted by Crippen LogP contribution is 2.22. The molecule has 2 aromatic rings. The maximum absolute atomic E-state index is 4.04. The van der Waals surface area contributed by atoms with Crippen molar-refractivity contribution >= 4 is 27.3 Å². The SMILES string of the molecule is CC(C)NCc1nnnn1CCc1ccc(Br)s1. The molecule has 0 spiro atoms. The highest BCUT2D eigenvalue weighted by Gasteiger charge is 2.07. The van der Waals surface area contributed by atoms with Crippen LogP contribution in [0.1, 0.15) is 24.5 Å². The lowest BCUT2D eigenvalue weighted by molar-refractivity contribution is 0.518. The fraction of sp³-hybridized carbons (Fsp3) is 0.545. The second kappa shape index (κ2) is 6.40. The van der Waals surface area contributed by atoms with Crippen molar-refractivity contribution in [3.05, 3.63) is 26.6 Å². The molecule has 0 atom stereocenters. The molecular formula is C11H16BrN5S. The lowest BCUT2D eigenvalue weighted by Crippen LogP contribution is -2.24. The zero-order valence-corrected chi connectivity index (χ0v) is 12.8. The van der Waals surface area contributed by atoms with E-state index in [0.29, 0.717) is 12.6 Å². The Kier molecular flexibility index (Phi) is 4.85. The van der Waals surface area contributed by atoms with Crippen LogP contribution < -0.4 is 5.32 Å². The van der Waals surface area contributed by atoms with Crippen LogP contribution in [0.2, 0.25) is 0 Å². The van der Waals surface area contributed by atoms with Gasteiger partial charge in [0.1, 0.15) is 0 Å². The first-order valence-electron chi connectivity index (χ1n) is 5.88. The van der Waals surface area contributed by atoms with E-state index >= 15 is 0 Å². The zero-order chi connectivity index (χ0) is 13.0. The van der Waals surface area contributed by atoms with E-state index in [4.69, 9.17) is 0 Å². The van der Waals surface area contributed by atoms with Crippen LogP contribution in [-0.4, -0.2) is 26.2 Å². The number of nitrogens with one attached hydrogen (secondary N) is 1. The molecule has 2 heterocycles. The van der Waals surface area contributed by atoms with Gasteiger partial charge in [-0.25, -0.2) is 4.68 Å². The van der Waals surface area contributed by atoms with E-state index < -0.39 is 0 Å². The van der Waals surface area contributed by atoms with Gasteiger partial charge in [-0.05, 0) is 38.5 Å². The Balaban J connectivity index is 1.91. The molecule has 5 nitrogen and oxygen atoms in total. The number of thiophene rings is 1. The minimum absolute atomic E-state index is 0.434. The number of rotatable bonds is 6. The Hall–Kier alpha value is -0.790. The molecular weight excluding hydrogens is 314 g/mol. The molecule has 1 N–H and O–H groups in total. The van der Waals surface area contributed by atoms with E-state index in [0.717, 1.165) is 22.6 Å². The van der Waals surface area contributed by atoms with Crippen molar-refractivity contribution < 1.29 is 0 Å². The molecule has 0 amide bonds. The molecule has 0 unspecified atom stereocenters. The Bertz CT molecular complexity index is 493. The summed E-state index contributed by atoms with van der Waals surface area (Å²) in [7, 11) is 0. The number of aromatic nitrogens is 4. The van der Waals surface area contributed by atoms with Crippen LogP contribution in [0.25, 0.3) is 0 Å². The van der Waals surface area contributed by atoms with Gasteiger partial charge in [0.15, 0.2) is 5.82 Å². The van der Waals surface area contributed by atoms with E-state index in [1.165, 1.54) is 4.88 Å². The van der Waals surface area contributed by atoms with Gasteiger partial charge in [0, 0.05) is 23.9 Å². The molecule has 0 saturated carbocycles. The van der Waals surface area contributed by atoms with Gasteiger partial charge in [0.05, 0.1) is 10.3 Å². The van der Waals surface area contributed by atoms with Crippen LogP contribution in [0.3, 0.4) is 0 Å². The predicted molar refractivity (Wildman–Crippen MR) is 75.5 cm³/mol. The van der Waals surface area contributed by atoms with Gasteiger partial charge >= 0.3 is 0 Å². The van der Waals surface area contributed by atoms with Crippen molar-refractivity contribution in [2.24, 2.45) is 0 Å². The molecule has 0 aliphatic rings. The lowest BCUT2D eigenvalue weighted by atomic mass is 10.3. The number of halogens is 1. The monoisotopic (exact) mass is 329 g/mol. The quantitative estimate of drug-likeness (QED) is 0.883. The van der Waals surface area contributed by atoms with Gasteiger partial charge in [-0.2, -0.15) is 0 Å². The molecule has 0 radical (unpaired) electrons. The van der Waals surface area contributed by atoms with Crippen LogP contribution >= 0.6 is 27.3 Å². The molecule has 0 bridgehead atoms. The molecule has 18 heavy (non-hydrogen) atoms. The van der Waals surface area contributed by atoms with Crippen LogP contribution in [0.15, 0.2) is 15.9 Å². The zero-order valence-electron chi connectivity index (χ0n) is 10.4. The van der Waals surface area contributed by atoms with Gasteiger partial charge in [0.2, 0.25) is 0 Å². The largest absolute Gasteiger partial charge is 0.308 e. The van der Waals surface area contributed by atoms with Gasteiger partial charge < -0.3 is 5.32 Å². The van der Waals surface area contributed by atoms with Crippen molar-refractivity contribution in [3.8, 4) is 0 Å². The maximum Gasteiger partial charge on any atom is 0.165 e. The van der Waals surface area contributed by atoms with Gasteiger partial charge in [0.25, 0.3) is 0 Å². The number of nitrogens with zero attached hydrogens (tertiary/aromatic N) is 4. The molecule has 2 aromatic heterocycles. The Morgan fingerprint density at radius 1 is 1.44 bits per heavy atom. The van der Waals surface area contributed by atoms with Crippen LogP contribution in [0.4, 0.5) is 0 Å². The highest BCUT2D eigenvalue weighted by atomic mass is 79.9. The normalized spacial score (nSPS) is 11.3. The summed E-state index contributed by atoms with van der Waals surface area (Å²) in [6, 6.07) is 4.63. The summed E-state index contributed by atoms with van der Waals surface area (Å²) in [6.07, 6.45) is 0.954. The molecule has 98 valence electrons. The number of hydrogen-bond donors (Lipinski definition) is 1. The van der Waals surface area contributed by atoms with Crippen molar-refractivity contribution in [1.82, 2.24) is 25.5 Å². The van der Waals surface area contributed by atoms with E-state index in [1.807, 2.05) is 4.68 Å². The van der Waals surface area contributed by atoms with Gasteiger partial charge in [-0.15, -0.1) is 16.4 Å². The number of hydrogen-bond acceptors (Lipinski definition) is 5. The smallest absolute Gasteiger partial charge is 0.165 e. The molecule has 7 heteroatoms. The summed E-state index contributed by atoms with van der Waals surface area (Å²) in [5, 5.41) is 15.1. The standard InChI is InChI=1S/C11H16BrN5S/c1-8(2)13-7-11-14-15-16-17(11)6-5-9-3-4-10(12)18-9/h3-4,8,13H,5-7H2,1-2H3. The third kappa shape index (κ3) is 3.86. The van der Waals surface area contributed by atoms with Crippen LogP contribution in [0, 0.1) is 0 Å². The summed E-state index contributed by atoms with van der Waals surface area (Å²) in [6.45, 7) is 5.74. The number of tetrazole rings is 1. The predicted octanol–water partition coefficient (Wildman–Crippen LogP) is 2.24. The maximum atomic E-state index is 4.04. The summed E-state index contributed by atoms with van der Waals surface area (Å²) in [5.74, 6) is 0.888. The summed E-state index contributed by atoms with van der Waals surface area (Å²) < 4.78 is 3.03. The molecule has 0 aromatic carbocycles. The van der Waals surface area contributed by atoms with Gasteiger partial charge in [-0.1, -0.05) is 13.8 Å². The first-order chi connectivity index (χ1) is 8.65. The van der Waals surface area contributed by atoms with Crippen molar-refractivity contribution in [3.63, 3.8) is 0 Å². The highest BCUT2D eigenvalue weighted by molar-refractivity contribution is 9.11. The minimum Gasteiger partial charge on any atom is -0.308 e. The molecule has 0 aliphatic carbocycles. The van der Waals surface area contributed by atoms with E-state index in [-0.39, 0.29) is 0 Å². The Morgan fingerprint density at radius 3 is 2.94 bits per heavy atom. The molecule has 0 aliphatic heterocycles. The van der Waals surface area contributed by atoms with Crippen LogP contribution in [-0.2, 0) is 19.5 Å². The molecule has 2 rings (SSSR count). The van der Waals surface area contributed by atoms with E-state index in [1.54, 1.807) is 11.3 Å². The van der Waals surface area contributed by atoms with Crippen molar-refractivity contribution in [2.75, 3.05) is 0 Å². The third-order valence-corrected chi connectivity index (χ3v) is 4.16. The first-order valence-corrected chi connectivity index (χ1v) is 7.48. The lowest BCUT2D eigenvalue weighted by Gasteiger charge is -2.07. The Labute approximate surface area is 119 Å². The fourth-order valence-electron chi connectivity index (χ4n) is 1.52.